The van der Waals surface area contributed by atoms with E-state index in [1.807, 2.05) is 6.07 Å². The molecule has 0 saturated carbocycles. The summed E-state index contributed by atoms with van der Waals surface area (Å²) in [6.07, 6.45) is 0. The highest BCUT2D eigenvalue weighted by atomic mass is 16.4. The molecule has 16 heavy (non-hydrogen) atoms. The molecule has 1 aliphatic rings. The topological polar surface area (TPSA) is 84.6 Å². The SMILES string of the molecule is N#CCN1Cc2c(B(O)O)cccc2C1=O. The lowest BCUT2D eigenvalue weighted by molar-refractivity contribution is 0.0798. The van der Waals surface area contributed by atoms with E-state index in [0.29, 0.717) is 16.6 Å². The average Bonchev–Trinajstić information content (AvgIpc) is 2.57. The highest BCUT2D eigenvalue weighted by Crippen LogP contribution is 2.20. The van der Waals surface area contributed by atoms with Gasteiger partial charge in [0.15, 0.2) is 0 Å². The predicted octanol–water partition coefficient (Wildman–Crippen LogP) is -1.15. The predicted molar refractivity (Wildman–Crippen MR) is 56.6 cm³/mol. The van der Waals surface area contributed by atoms with Crippen molar-refractivity contribution in [1.82, 2.24) is 4.90 Å². The van der Waals surface area contributed by atoms with E-state index in [9.17, 15) is 4.79 Å². The van der Waals surface area contributed by atoms with Crippen LogP contribution < -0.4 is 5.46 Å². The summed E-state index contributed by atoms with van der Waals surface area (Å²) in [5, 5.41) is 26.9. The minimum Gasteiger partial charge on any atom is -0.423 e. The monoisotopic (exact) mass is 216 g/mol. The number of carbonyl (C=O) groups excluding carboxylic acids is 1. The lowest BCUT2D eigenvalue weighted by atomic mass is 9.76. The van der Waals surface area contributed by atoms with Gasteiger partial charge in [0.25, 0.3) is 5.91 Å². The molecule has 0 radical (unpaired) electrons. The molecule has 1 aromatic carbocycles. The normalized spacial score (nSPS) is 13.6. The van der Waals surface area contributed by atoms with E-state index < -0.39 is 7.12 Å². The van der Waals surface area contributed by atoms with E-state index in [1.165, 1.54) is 4.90 Å². The number of nitriles is 1. The summed E-state index contributed by atoms with van der Waals surface area (Å²) in [6.45, 7) is 0.268. The highest BCUT2D eigenvalue weighted by molar-refractivity contribution is 6.59. The van der Waals surface area contributed by atoms with Crippen molar-refractivity contribution in [2.75, 3.05) is 6.54 Å². The third-order valence-electron chi connectivity index (χ3n) is 2.62. The molecule has 0 aliphatic carbocycles. The first-order chi connectivity index (χ1) is 7.65. The zero-order valence-corrected chi connectivity index (χ0v) is 8.42. The van der Waals surface area contributed by atoms with Crippen LogP contribution in [0.25, 0.3) is 0 Å². The van der Waals surface area contributed by atoms with Crippen LogP contribution >= 0.6 is 0 Å². The summed E-state index contributed by atoms with van der Waals surface area (Å²) < 4.78 is 0. The lowest BCUT2D eigenvalue weighted by Gasteiger charge is -2.09. The third kappa shape index (κ3) is 1.56. The Morgan fingerprint density at radius 1 is 1.50 bits per heavy atom. The fraction of sp³-hybridized carbons (Fsp3) is 0.200. The molecule has 0 spiro atoms. The summed E-state index contributed by atoms with van der Waals surface area (Å²) in [5.74, 6) is -0.237. The summed E-state index contributed by atoms with van der Waals surface area (Å²) in [5.41, 5.74) is 1.37. The standard InChI is InChI=1S/C10H9BN2O3/c12-4-5-13-6-8-7(10(13)14)2-1-3-9(8)11(15)16/h1-3,15-16H,5-6H2. The van der Waals surface area contributed by atoms with Gasteiger partial charge in [0, 0.05) is 12.1 Å². The van der Waals surface area contributed by atoms with E-state index >= 15 is 0 Å². The van der Waals surface area contributed by atoms with Crippen molar-refractivity contribution in [3.63, 3.8) is 0 Å². The largest absolute Gasteiger partial charge is 0.488 e. The molecule has 0 atom stereocenters. The highest BCUT2D eigenvalue weighted by Gasteiger charge is 2.31. The minimum atomic E-state index is -1.59. The number of hydrogen-bond donors (Lipinski definition) is 2. The van der Waals surface area contributed by atoms with Crippen LogP contribution in [0.15, 0.2) is 18.2 Å². The number of amides is 1. The van der Waals surface area contributed by atoms with Crippen molar-refractivity contribution >= 4 is 18.5 Å². The van der Waals surface area contributed by atoms with Gasteiger partial charge >= 0.3 is 7.12 Å². The Balaban J connectivity index is 2.43. The molecule has 0 aromatic heterocycles. The molecule has 1 aliphatic heterocycles. The molecule has 2 N–H and O–H groups in total. The van der Waals surface area contributed by atoms with Crippen LogP contribution in [0.3, 0.4) is 0 Å². The zero-order valence-electron chi connectivity index (χ0n) is 8.42. The summed E-state index contributed by atoms with van der Waals surface area (Å²) in [7, 11) is -1.59. The smallest absolute Gasteiger partial charge is 0.423 e. The maximum Gasteiger partial charge on any atom is 0.488 e. The first-order valence-electron chi connectivity index (χ1n) is 4.79. The van der Waals surface area contributed by atoms with Gasteiger partial charge in [0.1, 0.15) is 6.54 Å². The lowest BCUT2D eigenvalue weighted by Crippen LogP contribution is -2.33. The molecule has 0 fully saturated rings. The zero-order chi connectivity index (χ0) is 11.7. The first-order valence-corrected chi connectivity index (χ1v) is 4.79. The van der Waals surface area contributed by atoms with Gasteiger partial charge in [-0.2, -0.15) is 5.26 Å². The maximum absolute atomic E-state index is 11.8. The molecule has 6 heteroatoms. The van der Waals surface area contributed by atoms with Gasteiger partial charge < -0.3 is 14.9 Å². The van der Waals surface area contributed by atoms with Crippen molar-refractivity contribution in [3.8, 4) is 6.07 Å². The van der Waals surface area contributed by atoms with Crippen LogP contribution in [0.4, 0.5) is 0 Å². The Morgan fingerprint density at radius 2 is 2.25 bits per heavy atom. The number of fused-ring (bicyclic) bond motifs is 1. The maximum atomic E-state index is 11.8. The van der Waals surface area contributed by atoms with E-state index in [4.69, 9.17) is 15.3 Å². The molecule has 5 nitrogen and oxygen atoms in total. The first kappa shape index (κ1) is 10.7. The van der Waals surface area contributed by atoms with Gasteiger partial charge in [0.05, 0.1) is 6.07 Å². The molecule has 2 rings (SSSR count). The second-order valence-electron chi connectivity index (χ2n) is 3.57. The van der Waals surface area contributed by atoms with Crippen molar-refractivity contribution in [1.29, 1.82) is 5.26 Å². The Kier molecular flexibility index (Phi) is 2.65. The summed E-state index contributed by atoms with van der Waals surface area (Å²) >= 11 is 0. The fourth-order valence-corrected chi connectivity index (χ4v) is 1.87. The Hall–Kier alpha value is -1.84. The van der Waals surface area contributed by atoms with Crippen LogP contribution in [-0.4, -0.2) is 34.5 Å². The van der Waals surface area contributed by atoms with Crippen LogP contribution in [0, 0.1) is 11.3 Å². The quantitative estimate of drug-likeness (QED) is 0.482. The number of rotatable bonds is 2. The van der Waals surface area contributed by atoms with Gasteiger partial charge in [-0.05, 0) is 17.1 Å². The third-order valence-corrected chi connectivity index (χ3v) is 2.62. The van der Waals surface area contributed by atoms with Crippen LogP contribution in [0.2, 0.25) is 0 Å². The number of carbonyl (C=O) groups is 1. The van der Waals surface area contributed by atoms with Gasteiger partial charge in [-0.15, -0.1) is 0 Å². The second kappa shape index (κ2) is 3.97. The van der Waals surface area contributed by atoms with E-state index in [1.54, 1.807) is 18.2 Å². The van der Waals surface area contributed by atoms with Crippen molar-refractivity contribution in [3.05, 3.63) is 29.3 Å². The average molecular weight is 216 g/mol. The Morgan fingerprint density at radius 3 is 2.88 bits per heavy atom. The van der Waals surface area contributed by atoms with Crippen molar-refractivity contribution < 1.29 is 14.8 Å². The molecular formula is C10H9BN2O3. The van der Waals surface area contributed by atoms with Crippen LogP contribution in [-0.2, 0) is 6.54 Å². The van der Waals surface area contributed by atoms with Gasteiger partial charge in [0.2, 0.25) is 0 Å². The summed E-state index contributed by atoms with van der Waals surface area (Å²) in [4.78, 5) is 13.1. The second-order valence-corrected chi connectivity index (χ2v) is 3.57. The number of benzene rings is 1. The molecule has 0 saturated heterocycles. The Labute approximate surface area is 92.7 Å². The molecule has 1 aromatic rings. The molecule has 1 heterocycles. The van der Waals surface area contributed by atoms with E-state index in [0.717, 1.165) is 0 Å². The van der Waals surface area contributed by atoms with E-state index in [-0.39, 0.29) is 19.0 Å². The number of nitrogens with zero attached hydrogens (tertiary/aromatic N) is 2. The number of hydrogen-bond acceptors (Lipinski definition) is 4. The van der Waals surface area contributed by atoms with Gasteiger partial charge in [-0.1, -0.05) is 12.1 Å². The van der Waals surface area contributed by atoms with Crippen LogP contribution in [0.1, 0.15) is 15.9 Å². The molecule has 80 valence electrons. The molecule has 0 bridgehead atoms. The van der Waals surface area contributed by atoms with Gasteiger partial charge in [-0.25, -0.2) is 0 Å². The van der Waals surface area contributed by atoms with Gasteiger partial charge in [-0.3, -0.25) is 4.79 Å². The van der Waals surface area contributed by atoms with Crippen molar-refractivity contribution in [2.45, 2.75) is 6.54 Å². The van der Waals surface area contributed by atoms with Crippen molar-refractivity contribution in [2.24, 2.45) is 0 Å². The Bertz CT molecular complexity index is 481. The molecule has 1 amide bonds. The van der Waals surface area contributed by atoms with E-state index in [2.05, 4.69) is 0 Å². The molecule has 0 unspecified atom stereocenters. The minimum absolute atomic E-state index is 0.00841. The molecular weight excluding hydrogens is 207 g/mol. The van der Waals surface area contributed by atoms with Crippen LogP contribution in [0.5, 0.6) is 0 Å². The fourth-order valence-electron chi connectivity index (χ4n) is 1.87. The summed E-state index contributed by atoms with van der Waals surface area (Å²) in [6, 6.07) is 6.69.